The SMILES string of the molecule is c1ccc(B2c3ccccc3N3c4oc5ccccc5c4B(c4ccccc4)N23)cc1. The van der Waals surface area contributed by atoms with E-state index in [0.717, 1.165) is 11.5 Å². The molecule has 0 saturated heterocycles. The van der Waals surface area contributed by atoms with Crippen molar-refractivity contribution in [1.29, 1.82) is 0 Å². The van der Waals surface area contributed by atoms with Gasteiger partial charge in [-0.2, -0.15) is 0 Å². The molecule has 5 heteroatoms. The number of hydrogen-bond donors (Lipinski definition) is 0. The minimum atomic E-state index is 0.0671. The van der Waals surface area contributed by atoms with Crippen molar-refractivity contribution in [3.63, 3.8) is 0 Å². The highest BCUT2D eigenvalue weighted by molar-refractivity contribution is 7.01. The highest BCUT2D eigenvalue weighted by Gasteiger charge is 2.55. The van der Waals surface area contributed by atoms with Crippen molar-refractivity contribution in [2.45, 2.75) is 0 Å². The number of furan rings is 1. The Morgan fingerprint density at radius 2 is 1.19 bits per heavy atom. The van der Waals surface area contributed by atoms with Crippen LogP contribution in [0.5, 0.6) is 0 Å². The molecular weight excluding hydrogens is 378 g/mol. The first-order valence-corrected chi connectivity index (χ1v) is 10.7. The van der Waals surface area contributed by atoms with Gasteiger partial charge in [0.2, 0.25) is 5.88 Å². The number of anilines is 2. The fourth-order valence-electron chi connectivity index (χ4n) is 5.30. The zero-order valence-corrected chi connectivity index (χ0v) is 16.8. The molecule has 0 aliphatic carbocycles. The Balaban J connectivity index is 1.55. The Morgan fingerprint density at radius 3 is 1.97 bits per heavy atom. The lowest BCUT2D eigenvalue weighted by molar-refractivity contribution is 0.570. The van der Waals surface area contributed by atoms with E-state index in [9.17, 15) is 0 Å². The average Bonchev–Trinajstić information content (AvgIpc) is 3.46. The van der Waals surface area contributed by atoms with Crippen molar-refractivity contribution in [3.8, 4) is 0 Å². The summed E-state index contributed by atoms with van der Waals surface area (Å²) in [5.74, 6) is 0.931. The predicted octanol–water partition coefficient (Wildman–Crippen LogP) is 3.03. The summed E-state index contributed by atoms with van der Waals surface area (Å²) in [6.07, 6.45) is 0. The summed E-state index contributed by atoms with van der Waals surface area (Å²) in [6, 6.07) is 38.7. The summed E-state index contributed by atoms with van der Waals surface area (Å²) in [5.41, 5.74) is 7.24. The molecule has 0 spiro atoms. The second-order valence-electron chi connectivity index (χ2n) is 8.19. The summed E-state index contributed by atoms with van der Waals surface area (Å²) >= 11 is 0. The molecule has 1 aromatic heterocycles. The molecule has 0 fully saturated rings. The molecule has 3 nitrogen and oxygen atoms in total. The fourth-order valence-corrected chi connectivity index (χ4v) is 5.30. The average molecular weight is 396 g/mol. The van der Waals surface area contributed by atoms with Gasteiger partial charge >= 0.3 is 13.7 Å². The summed E-state index contributed by atoms with van der Waals surface area (Å²) in [6.45, 7) is 0.182. The van der Waals surface area contributed by atoms with Gasteiger partial charge in [0.05, 0.1) is 5.69 Å². The van der Waals surface area contributed by atoms with Gasteiger partial charge in [-0.05, 0) is 17.6 Å². The van der Waals surface area contributed by atoms with E-state index >= 15 is 0 Å². The molecule has 0 saturated carbocycles. The molecule has 31 heavy (non-hydrogen) atoms. The summed E-state index contributed by atoms with van der Waals surface area (Å²) in [4.78, 5) is 2.50. The van der Waals surface area contributed by atoms with Crippen LogP contribution in [0.15, 0.2) is 114 Å². The Morgan fingerprint density at radius 1 is 0.581 bits per heavy atom. The first-order chi connectivity index (χ1) is 15.4. The topological polar surface area (TPSA) is 19.6 Å². The van der Waals surface area contributed by atoms with E-state index in [4.69, 9.17) is 4.42 Å². The van der Waals surface area contributed by atoms with Crippen molar-refractivity contribution in [2.24, 2.45) is 0 Å². The smallest absolute Gasteiger partial charge is 0.307 e. The van der Waals surface area contributed by atoms with Gasteiger partial charge in [0.1, 0.15) is 5.58 Å². The van der Waals surface area contributed by atoms with E-state index in [-0.39, 0.29) is 13.7 Å². The molecular formula is C26H18B2N2O. The molecule has 2 aliphatic rings. The Labute approximate surface area is 181 Å². The van der Waals surface area contributed by atoms with Crippen LogP contribution in [-0.4, -0.2) is 18.5 Å². The predicted molar refractivity (Wildman–Crippen MR) is 130 cm³/mol. The monoisotopic (exact) mass is 396 g/mol. The molecule has 5 aromatic rings. The van der Waals surface area contributed by atoms with Crippen molar-refractivity contribution >= 4 is 58.1 Å². The lowest BCUT2D eigenvalue weighted by Crippen LogP contribution is -2.64. The molecule has 0 unspecified atom stereocenters. The Hall–Kier alpha value is -3.69. The Bertz CT molecular complexity index is 1420. The number of nitrogens with zero attached hydrogens (tertiary/aromatic N) is 2. The standard InChI is InChI=1S/C26H18B2N2O/c1-3-11-19(12-4-1)27-22-16-8-9-17-23(22)29-26-25(21-15-7-10-18-24(21)31-26)28(30(27)29)20-13-5-2-6-14-20/h1-18H. The van der Waals surface area contributed by atoms with Crippen molar-refractivity contribution in [3.05, 3.63) is 109 Å². The summed E-state index contributed by atoms with van der Waals surface area (Å²) < 4.78 is 6.50. The third-order valence-electron chi connectivity index (χ3n) is 6.53. The van der Waals surface area contributed by atoms with Crippen LogP contribution in [0.2, 0.25) is 0 Å². The van der Waals surface area contributed by atoms with E-state index in [0.29, 0.717) is 0 Å². The third-order valence-corrected chi connectivity index (χ3v) is 6.53. The highest BCUT2D eigenvalue weighted by Crippen LogP contribution is 2.40. The number of rotatable bonds is 2. The molecule has 7 rings (SSSR count). The number of hydrogen-bond acceptors (Lipinski definition) is 3. The van der Waals surface area contributed by atoms with Crippen LogP contribution < -0.4 is 26.9 Å². The maximum Gasteiger partial charge on any atom is 0.307 e. The second-order valence-corrected chi connectivity index (χ2v) is 8.19. The van der Waals surface area contributed by atoms with Crippen LogP contribution >= 0.6 is 0 Å². The summed E-state index contributed by atoms with van der Waals surface area (Å²) in [5, 5.41) is 3.49. The number of benzene rings is 4. The van der Waals surface area contributed by atoms with Crippen LogP contribution in [0.1, 0.15) is 0 Å². The molecule has 0 atom stereocenters. The number of fused-ring (bicyclic) bond motifs is 7. The van der Waals surface area contributed by atoms with E-state index in [2.05, 4.69) is 113 Å². The van der Waals surface area contributed by atoms with Gasteiger partial charge in [0.15, 0.2) is 0 Å². The molecule has 0 radical (unpaired) electrons. The fraction of sp³-hybridized carbons (Fsp3) is 0. The van der Waals surface area contributed by atoms with Crippen molar-refractivity contribution in [2.75, 3.05) is 5.01 Å². The van der Waals surface area contributed by atoms with Gasteiger partial charge in [-0.15, -0.1) is 0 Å². The van der Waals surface area contributed by atoms with E-state index in [1.165, 1.54) is 32.9 Å². The van der Waals surface area contributed by atoms with Gasteiger partial charge in [0.25, 0.3) is 0 Å². The molecule has 0 bridgehead atoms. The van der Waals surface area contributed by atoms with Gasteiger partial charge in [-0.25, -0.2) is 0 Å². The zero-order chi connectivity index (χ0) is 20.4. The van der Waals surface area contributed by atoms with Crippen molar-refractivity contribution in [1.82, 2.24) is 4.83 Å². The minimum absolute atomic E-state index is 0.0671. The first kappa shape index (κ1) is 17.0. The third kappa shape index (κ3) is 2.29. The summed E-state index contributed by atoms with van der Waals surface area (Å²) in [7, 11) is 0. The molecule has 4 aromatic carbocycles. The van der Waals surface area contributed by atoms with Crippen LogP contribution in [0, 0.1) is 0 Å². The van der Waals surface area contributed by atoms with Crippen LogP contribution in [0.25, 0.3) is 11.0 Å². The lowest BCUT2D eigenvalue weighted by Gasteiger charge is -2.30. The zero-order valence-electron chi connectivity index (χ0n) is 16.8. The molecule has 2 aliphatic heterocycles. The quantitative estimate of drug-likeness (QED) is 0.428. The van der Waals surface area contributed by atoms with Gasteiger partial charge < -0.3 is 4.42 Å². The number of hydrazine groups is 1. The van der Waals surface area contributed by atoms with E-state index in [1.807, 2.05) is 6.07 Å². The van der Waals surface area contributed by atoms with Crippen LogP contribution in [0.3, 0.4) is 0 Å². The molecule has 0 amide bonds. The maximum atomic E-state index is 6.50. The molecule has 3 heterocycles. The van der Waals surface area contributed by atoms with Crippen LogP contribution in [-0.2, 0) is 0 Å². The molecule has 0 N–H and O–H groups in total. The van der Waals surface area contributed by atoms with Gasteiger partial charge in [0, 0.05) is 10.8 Å². The van der Waals surface area contributed by atoms with Crippen molar-refractivity contribution < 1.29 is 4.42 Å². The van der Waals surface area contributed by atoms with Gasteiger partial charge in [-0.3, -0.25) is 9.84 Å². The minimum Gasteiger partial charge on any atom is -0.439 e. The number of para-hydroxylation sites is 2. The van der Waals surface area contributed by atoms with Crippen LogP contribution in [0.4, 0.5) is 11.6 Å². The van der Waals surface area contributed by atoms with E-state index in [1.54, 1.807) is 0 Å². The first-order valence-electron chi connectivity index (χ1n) is 10.7. The maximum absolute atomic E-state index is 6.50. The largest absolute Gasteiger partial charge is 0.439 e. The highest BCUT2D eigenvalue weighted by atomic mass is 16.4. The normalized spacial score (nSPS) is 14.8. The molecule has 144 valence electrons. The lowest BCUT2D eigenvalue weighted by atomic mass is 9.40. The second kappa shape index (κ2) is 6.40. The van der Waals surface area contributed by atoms with Gasteiger partial charge in [-0.1, -0.05) is 108 Å². The van der Waals surface area contributed by atoms with E-state index < -0.39 is 0 Å². The Kier molecular flexibility index (Phi) is 3.52.